The number of thioether (sulfide) groups is 1. The molecule has 2 aromatic rings. The van der Waals surface area contributed by atoms with Gasteiger partial charge in [-0.25, -0.2) is 0 Å². The number of hydrogen-bond acceptors (Lipinski definition) is 5. The average Bonchev–Trinajstić information content (AvgIpc) is 2.86. The molecule has 0 amide bonds. The van der Waals surface area contributed by atoms with Crippen molar-refractivity contribution in [1.29, 1.82) is 0 Å². The van der Waals surface area contributed by atoms with E-state index >= 15 is 0 Å². The molecule has 0 aliphatic heterocycles. The third-order valence-electron chi connectivity index (χ3n) is 2.69. The predicted octanol–water partition coefficient (Wildman–Crippen LogP) is 3.75. The molecule has 0 aliphatic carbocycles. The Morgan fingerprint density at radius 1 is 1.33 bits per heavy atom. The van der Waals surface area contributed by atoms with Gasteiger partial charge in [-0.1, -0.05) is 28.9 Å². The van der Waals surface area contributed by atoms with Crippen molar-refractivity contribution in [3.8, 4) is 0 Å². The van der Waals surface area contributed by atoms with E-state index in [-0.39, 0.29) is 11.6 Å². The van der Waals surface area contributed by atoms with E-state index < -0.39 is 17.6 Å². The van der Waals surface area contributed by atoms with Gasteiger partial charge in [0.05, 0.1) is 10.8 Å². The number of nitrogens with two attached hydrogens (primary N) is 1. The Hall–Kier alpha value is -1.25. The van der Waals surface area contributed by atoms with Crippen LogP contribution in [0.15, 0.2) is 33.7 Å². The van der Waals surface area contributed by atoms with Crippen molar-refractivity contribution in [2.45, 2.75) is 29.3 Å². The lowest BCUT2D eigenvalue weighted by Crippen LogP contribution is -2.48. The van der Waals surface area contributed by atoms with Gasteiger partial charge in [-0.15, -0.1) is 11.8 Å². The third kappa shape index (κ3) is 3.50. The molecule has 0 radical (unpaired) electrons. The van der Waals surface area contributed by atoms with Crippen LogP contribution in [-0.4, -0.2) is 16.3 Å². The van der Waals surface area contributed by atoms with Crippen LogP contribution in [0.4, 0.5) is 13.2 Å². The van der Waals surface area contributed by atoms with E-state index in [4.69, 9.17) is 17.3 Å². The maximum atomic E-state index is 12.8. The minimum Gasteiger partial charge on any atom is -0.337 e. The fourth-order valence-corrected chi connectivity index (χ4v) is 2.43. The molecule has 1 unspecified atom stereocenters. The maximum Gasteiger partial charge on any atom is 0.415 e. The molecule has 2 N–H and O–H groups in total. The average molecular weight is 338 g/mol. The lowest BCUT2D eigenvalue weighted by atomic mass is 10.0. The summed E-state index contributed by atoms with van der Waals surface area (Å²) in [6, 6.07) is 7.08. The lowest BCUT2D eigenvalue weighted by Gasteiger charge is -2.22. The number of hydrogen-bond donors (Lipinski definition) is 1. The second-order valence-corrected chi connectivity index (χ2v) is 5.86. The van der Waals surface area contributed by atoms with Crippen molar-refractivity contribution in [3.05, 3.63) is 41.0 Å². The number of benzene rings is 1. The van der Waals surface area contributed by atoms with E-state index in [1.165, 1.54) is 11.8 Å². The molecule has 0 aliphatic rings. The van der Waals surface area contributed by atoms with Gasteiger partial charge >= 0.3 is 6.18 Å². The maximum absolute atomic E-state index is 12.8. The quantitative estimate of drug-likeness (QED) is 0.861. The van der Waals surface area contributed by atoms with E-state index in [1.807, 2.05) is 0 Å². The Balaban J connectivity index is 2.09. The Kier molecular flexibility index (Phi) is 4.50. The first-order valence-electron chi connectivity index (χ1n) is 5.78. The standard InChI is InChI=1S/C12H11ClF3N3OS/c1-11(17,12(14,15)16)10-18-9(19-20-10)6-21-8-5-3-2-4-7(8)13/h2-5H,6,17H2,1H3. The van der Waals surface area contributed by atoms with Gasteiger partial charge in [0, 0.05) is 4.90 Å². The Bertz CT molecular complexity index is 630. The summed E-state index contributed by atoms with van der Waals surface area (Å²) in [4.78, 5) is 4.48. The van der Waals surface area contributed by atoms with Crippen LogP contribution in [0.25, 0.3) is 0 Å². The highest BCUT2D eigenvalue weighted by Gasteiger charge is 2.53. The molecule has 114 valence electrons. The van der Waals surface area contributed by atoms with Crippen molar-refractivity contribution >= 4 is 23.4 Å². The van der Waals surface area contributed by atoms with E-state index in [0.717, 1.165) is 11.8 Å². The van der Waals surface area contributed by atoms with Gasteiger partial charge < -0.3 is 10.3 Å². The molecule has 1 aromatic carbocycles. The van der Waals surface area contributed by atoms with Crippen LogP contribution >= 0.6 is 23.4 Å². The number of alkyl halides is 3. The molecule has 1 atom stereocenters. The summed E-state index contributed by atoms with van der Waals surface area (Å²) >= 11 is 7.27. The molecule has 0 saturated carbocycles. The molecule has 1 heterocycles. The molecule has 0 fully saturated rings. The highest BCUT2D eigenvalue weighted by molar-refractivity contribution is 7.98. The summed E-state index contributed by atoms with van der Waals surface area (Å²) < 4.78 is 42.9. The van der Waals surface area contributed by atoms with Crippen molar-refractivity contribution in [2.75, 3.05) is 0 Å². The molecular formula is C12H11ClF3N3OS. The summed E-state index contributed by atoms with van der Waals surface area (Å²) in [5, 5.41) is 4.06. The minimum atomic E-state index is -4.67. The molecule has 1 aromatic heterocycles. The Morgan fingerprint density at radius 2 is 2.00 bits per heavy atom. The van der Waals surface area contributed by atoms with Crippen LogP contribution in [0, 0.1) is 0 Å². The molecule has 9 heteroatoms. The molecule has 21 heavy (non-hydrogen) atoms. The van der Waals surface area contributed by atoms with Crippen molar-refractivity contribution in [2.24, 2.45) is 5.73 Å². The van der Waals surface area contributed by atoms with Crippen LogP contribution in [0.3, 0.4) is 0 Å². The fraction of sp³-hybridized carbons (Fsp3) is 0.333. The number of nitrogens with zero attached hydrogens (tertiary/aromatic N) is 2. The number of aromatic nitrogens is 2. The van der Waals surface area contributed by atoms with Crippen molar-refractivity contribution in [3.63, 3.8) is 0 Å². The zero-order valence-corrected chi connectivity index (χ0v) is 12.4. The number of halogens is 4. The molecular weight excluding hydrogens is 327 g/mol. The van der Waals surface area contributed by atoms with Crippen molar-refractivity contribution < 1.29 is 17.7 Å². The first-order chi connectivity index (χ1) is 9.72. The summed E-state index contributed by atoms with van der Waals surface area (Å²) in [5.41, 5.74) is 2.54. The first-order valence-corrected chi connectivity index (χ1v) is 7.14. The van der Waals surface area contributed by atoms with E-state index in [2.05, 4.69) is 14.7 Å². The summed E-state index contributed by atoms with van der Waals surface area (Å²) in [7, 11) is 0. The van der Waals surface area contributed by atoms with E-state index in [9.17, 15) is 13.2 Å². The highest BCUT2D eigenvalue weighted by atomic mass is 35.5. The second kappa shape index (κ2) is 5.86. The second-order valence-electron chi connectivity index (χ2n) is 4.43. The van der Waals surface area contributed by atoms with Gasteiger partial charge in [0.15, 0.2) is 11.4 Å². The van der Waals surface area contributed by atoms with Crippen LogP contribution in [0.1, 0.15) is 18.6 Å². The number of rotatable bonds is 4. The zero-order valence-electron chi connectivity index (χ0n) is 10.8. The van der Waals surface area contributed by atoms with Gasteiger partial charge in [0.25, 0.3) is 5.89 Å². The van der Waals surface area contributed by atoms with Crippen LogP contribution in [0.5, 0.6) is 0 Å². The minimum absolute atomic E-state index is 0.121. The normalized spacial score (nSPS) is 15.0. The largest absolute Gasteiger partial charge is 0.415 e. The highest BCUT2D eigenvalue weighted by Crippen LogP contribution is 2.36. The molecule has 0 saturated heterocycles. The fourth-order valence-electron chi connectivity index (χ4n) is 1.35. The lowest BCUT2D eigenvalue weighted by molar-refractivity contribution is -0.190. The smallest absolute Gasteiger partial charge is 0.337 e. The Morgan fingerprint density at radius 3 is 2.62 bits per heavy atom. The van der Waals surface area contributed by atoms with Crippen LogP contribution < -0.4 is 5.73 Å². The van der Waals surface area contributed by atoms with Gasteiger partial charge in [0.2, 0.25) is 0 Å². The Labute approximate surface area is 127 Å². The van der Waals surface area contributed by atoms with Gasteiger partial charge in [-0.3, -0.25) is 0 Å². The van der Waals surface area contributed by atoms with Crippen LogP contribution in [-0.2, 0) is 11.3 Å². The van der Waals surface area contributed by atoms with Gasteiger partial charge in [-0.05, 0) is 19.1 Å². The monoisotopic (exact) mass is 337 g/mol. The predicted molar refractivity (Wildman–Crippen MR) is 72.9 cm³/mol. The zero-order chi connectivity index (χ0) is 15.7. The topological polar surface area (TPSA) is 64.9 Å². The van der Waals surface area contributed by atoms with E-state index in [1.54, 1.807) is 24.3 Å². The summed E-state index contributed by atoms with van der Waals surface area (Å²) in [6.45, 7) is 0.783. The van der Waals surface area contributed by atoms with Crippen LogP contribution in [0.2, 0.25) is 5.02 Å². The van der Waals surface area contributed by atoms with E-state index in [0.29, 0.717) is 5.02 Å². The molecule has 4 nitrogen and oxygen atoms in total. The third-order valence-corrected chi connectivity index (χ3v) is 4.21. The molecule has 2 rings (SSSR count). The molecule has 0 bridgehead atoms. The molecule has 0 spiro atoms. The van der Waals surface area contributed by atoms with Gasteiger partial charge in [0.1, 0.15) is 0 Å². The SMILES string of the molecule is CC(N)(c1nc(CSc2ccccc2Cl)no1)C(F)(F)F. The summed E-state index contributed by atoms with van der Waals surface area (Å²) in [6.07, 6.45) is -4.67. The summed E-state index contributed by atoms with van der Waals surface area (Å²) in [5.74, 6) is -0.318. The first kappa shape index (κ1) is 16.1. The van der Waals surface area contributed by atoms with Gasteiger partial charge in [-0.2, -0.15) is 18.2 Å². The van der Waals surface area contributed by atoms with Crippen molar-refractivity contribution in [1.82, 2.24) is 10.1 Å².